The highest BCUT2D eigenvalue weighted by Crippen LogP contribution is 2.18. The molecule has 116 valence electrons. The number of nitrogens with one attached hydrogen (secondary N) is 1. The number of aliphatic hydroxyl groups is 1. The van der Waals surface area contributed by atoms with Gasteiger partial charge in [0, 0.05) is 25.3 Å². The summed E-state index contributed by atoms with van der Waals surface area (Å²) in [6.07, 6.45) is 1.57. The second-order valence-electron chi connectivity index (χ2n) is 5.28. The van der Waals surface area contributed by atoms with Crippen LogP contribution in [0.3, 0.4) is 0 Å². The van der Waals surface area contributed by atoms with Crippen LogP contribution in [0, 0.1) is 11.7 Å². The van der Waals surface area contributed by atoms with Gasteiger partial charge >= 0.3 is 0 Å². The molecule has 1 aromatic rings. The Morgan fingerprint density at radius 1 is 1.48 bits per heavy atom. The number of carbonyl (C=O) groups is 1. The van der Waals surface area contributed by atoms with Gasteiger partial charge in [-0.15, -0.1) is 0 Å². The molecule has 1 aliphatic rings. The average Bonchev–Trinajstić information content (AvgIpc) is 2.52. The first kappa shape index (κ1) is 15.9. The minimum absolute atomic E-state index is 0.132. The van der Waals surface area contributed by atoms with Crippen molar-refractivity contribution in [2.24, 2.45) is 11.7 Å². The quantitative estimate of drug-likeness (QED) is 0.746. The third-order valence-electron chi connectivity index (χ3n) is 3.83. The van der Waals surface area contributed by atoms with Gasteiger partial charge in [0.2, 0.25) is 5.91 Å². The van der Waals surface area contributed by atoms with E-state index < -0.39 is 11.9 Å². The third kappa shape index (κ3) is 4.23. The van der Waals surface area contributed by atoms with E-state index in [0.29, 0.717) is 18.8 Å². The van der Waals surface area contributed by atoms with Crippen molar-refractivity contribution in [3.8, 4) is 0 Å². The molecule has 5 nitrogen and oxygen atoms in total. The van der Waals surface area contributed by atoms with Crippen LogP contribution in [0.25, 0.3) is 0 Å². The third-order valence-corrected chi connectivity index (χ3v) is 3.83. The Morgan fingerprint density at radius 2 is 2.19 bits per heavy atom. The van der Waals surface area contributed by atoms with Crippen LogP contribution in [0.15, 0.2) is 18.2 Å². The van der Waals surface area contributed by atoms with Crippen molar-refractivity contribution in [1.29, 1.82) is 0 Å². The molecule has 0 radical (unpaired) electrons. The zero-order valence-corrected chi connectivity index (χ0v) is 11.8. The summed E-state index contributed by atoms with van der Waals surface area (Å²) in [6, 6.07) is 3.94. The molecule has 0 saturated carbocycles. The van der Waals surface area contributed by atoms with Crippen LogP contribution in [-0.4, -0.2) is 30.3 Å². The van der Waals surface area contributed by atoms with Gasteiger partial charge in [-0.1, -0.05) is 12.1 Å². The molecular weight excluding hydrogens is 275 g/mol. The number of amides is 1. The van der Waals surface area contributed by atoms with Crippen LogP contribution in [0.4, 0.5) is 4.39 Å². The summed E-state index contributed by atoms with van der Waals surface area (Å²) < 4.78 is 18.8. The van der Waals surface area contributed by atoms with Gasteiger partial charge in [-0.05, 0) is 30.4 Å². The largest absolute Gasteiger partial charge is 0.392 e. The summed E-state index contributed by atoms with van der Waals surface area (Å²) >= 11 is 0. The Bertz CT molecular complexity index is 490. The predicted octanol–water partition coefficient (Wildman–Crippen LogP) is 0.688. The average molecular weight is 296 g/mol. The molecule has 21 heavy (non-hydrogen) atoms. The Morgan fingerprint density at radius 3 is 2.81 bits per heavy atom. The van der Waals surface area contributed by atoms with Crippen molar-refractivity contribution < 1.29 is 19.0 Å². The lowest BCUT2D eigenvalue weighted by Gasteiger charge is -2.26. The van der Waals surface area contributed by atoms with Gasteiger partial charge in [-0.2, -0.15) is 0 Å². The van der Waals surface area contributed by atoms with Crippen molar-refractivity contribution in [2.75, 3.05) is 13.2 Å². The fraction of sp³-hybridized carbons (Fsp3) is 0.533. The summed E-state index contributed by atoms with van der Waals surface area (Å²) in [6.45, 7) is 1.16. The van der Waals surface area contributed by atoms with Crippen LogP contribution >= 0.6 is 0 Å². The highest BCUT2D eigenvalue weighted by Gasteiger charge is 2.26. The maximum atomic E-state index is 13.5. The van der Waals surface area contributed by atoms with Crippen molar-refractivity contribution in [3.05, 3.63) is 35.1 Å². The van der Waals surface area contributed by atoms with Crippen LogP contribution in [-0.2, 0) is 22.7 Å². The molecule has 1 heterocycles. The smallest absolute Gasteiger partial charge is 0.237 e. The van der Waals surface area contributed by atoms with E-state index in [4.69, 9.17) is 15.6 Å². The summed E-state index contributed by atoms with van der Waals surface area (Å²) in [7, 11) is 0. The first-order valence-electron chi connectivity index (χ1n) is 7.11. The van der Waals surface area contributed by atoms with E-state index in [1.165, 1.54) is 12.1 Å². The van der Waals surface area contributed by atoms with Gasteiger partial charge in [-0.25, -0.2) is 4.39 Å². The molecule has 1 fully saturated rings. The number of halogens is 1. The number of hydrogen-bond acceptors (Lipinski definition) is 4. The Kier molecular flexibility index (Phi) is 5.67. The number of carbonyl (C=O) groups excluding carboxylic acids is 1. The van der Waals surface area contributed by atoms with E-state index in [1.807, 2.05) is 0 Å². The normalized spacial score (nSPS) is 17.5. The lowest BCUT2D eigenvalue weighted by molar-refractivity contribution is -0.124. The highest BCUT2D eigenvalue weighted by molar-refractivity contribution is 5.81. The van der Waals surface area contributed by atoms with Crippen molar-refractivity contribution in [1.82, 2.24) is 5.32 Å². The molecule has 1 unspecified atom stereocenters. The molecule has 0 spiro atoms. The molecule has 1 aromatic carbocycles. The van der Waals surface area contributed by atoms with Gasteiger partial charge in [0.05, 0.1) is 12.6 Å². The summed E-state index contributed by atoms with van der Waals surface area (Å²) in [5.74, 6) is -0.571. The molecule has 6 heteroatoms. The second-order valence-corrected chi connectivity index (χ2v) is 5.28. The number of hydrogen-bond donors (Lipinski definition) is 3. The molecule has 0 aliphatic carbocycles. The number of benzene rings is 1. The van der Waals surface area contributed by atoms with Crippen LogP contribution in [0.5, 0.6) is 0 Å². The molecule has 4 N–H and O–H groups in total. The number of ether oxygens (including phenoxy) is 1. The lowest BCUT2D eigenvalue weighted by Crippen LogP contribution is -2.46. The summed E-state index contributed by atoms with van der Waals surface area (Å²) in [5, 5.41) is 11.6. The SMILES string of the molecule is NC(C(=O)NCc1ccc(CO)c(F)c1)C1CCOCC1. The lowest BCUT2D eigenvalue weighted by atomic mass is 9.92. The minimum Gasteiger partial charge on any atom is -0.392 e. The van der Waals surface area contributed by atoms with E-state index in [9.17, 15) is 9.18 Å². The summed E-state index contributed by atoms with van der Waals surface area (Å²) in [5.41, 5.74) is 6.83. The van der Waals surface area contributed by atoms with Crippen LogP contribution < -0.4 is 11.1 Å². The first-order chi connectivity index (χ1) is 10.1. The number of aliphatic hydroxyl groups excluding tert-OH is 1. The van der Waals surface area contributed by atoms with E-state index in [1.54, 1.807) is 6.07 Å². The molecule has 0 aromatic heterocycles. The molecule has 1 amide bonds. The second kappa shape index (κ2) is 7.49. The summed E-state index contributed by atoms with van der Waals surface area (Å²) in [4.78, 5) is 12.0. The van der Waals surface area contributed by atoms with Crippen molar-refractivity contribution in [3.63, 3.8) is 0 Å². The topological polar surface area (TPSA) is 84.6 Å². The van der Waals surface area contributed by atoms with Crippen molar-refractivity contribution >= 4 is 5.91 Å². The predicted molar refractivity (Wildman–Crippen MR) is 75.7 cm³/mol. The fourth-order valence-electron chi connectivity index (χ4n) is 2.43. The minimum atomic E-state index is -0.560. The maximum absolute atomic E-state index is 13.5. The zero-order chi connectivity index (χ0) is 15.2. The van der Waals surface area contributed by atoms with Gasteiger partial charge in [0.1, 0.15) is 5.82 Å². The first-order valence-corrected chi connectivity index (χ1v) is 7.11. The molecule has 1 atom stereocenters. The molecule has 1 aliphatic heterocycles. The Balaban J connectivity index is 1.86. The van der Waals surface area contributed by atoms with Gasteiger partial charge in [-0.3, -0.25) is 4.79 Å². The van der Waals surface area contributed by atoms with Gasteiger partial charge in [0.25, 0.3) is 0 Å². The highest BCUT2D eigenvalue weighted by atomic mass is 19.1. The zero-order valence-electron chi connectivity index (χ0n) is 11.8. The maximum Gasteiger partial charge on any atom is 0.237 e. The monoisotopic (exact) mass is 296 g/mol. The van der Waals surface area contributed by atoms with E-state index in [-0.39, 0.29) is 30.5 Å². The standard InChI is InChI=1S/C15H21FN2O3/c16-13-7-10(1-2-12(13)9-19)8-18-15(20)14(17)11-3-5-21-6-4-11/h1-2,7,11,14,19H,3-6,8-9,17H2,(H,18,20). The van der Waals surface area contributed by atoms with E-state index >= 15 is 0 Å². The molecule has 0 bridgehead atoms. The van der Waals surface area contributed by atoms with Crippen LogP contribution in [0.2, 0.25) is 0 Å². The molecule has 2 rings (SSSR count). The van der Waals surface area contributed by atoms with E-state index in [2.05, 4.69) is 5.32 Å². The molecular formula is C15H21FN2O3. The van der Waals surface area contributed by atoms with Gasteiger partial charge in [0.15, 0.2) is 0 Å². The number of nitrogens with two attached hydrogens (primary N) is 1. The van der Waals surface area contributed by atoms with Crippen LogP contribution in [0.1, 0.15) is 24.0 Å². The molecule has 1 saturated heterocycles. The Hall–Kier alpha value is -1.50. The Labute approximate surface area is 123 Å². The van der Waals surface area contributed by atoms with E-state index in [0.717, 1.165) is 12.8 Å². The number of rotatable bonds is 5. The van der Waals surface area contributed by atoms with Gasteiger partial charge < -0.3 is 20.9 Å². The fourth-order valence-corrected chi connectivity index (χ4v) is 2.43. The van der Waals surface area contributed by atoms with Crippen molar-refractivity contribution in [2.45, 2.75) is 32.0 Å².